The van der Waals surface area contributed by atoms with Crippen molar-refractivity contribution in [3.63, 3.8) is 0 Å². The second kappa shape index (κ2) is 6.67. The van der Waals surface area contributed by atoms with Crippen LogP contribution in [0.1, 0.15) is 40.0 Å². The van der Waals surface area contributed by atoms with Gasteiger partial charge in [0, 0.05) is 24.5 Å². The van der Waals surface area contributed by atoms with Gasteiger partial charge in [0.05, 0.1) is 4.90 Å². The third kappa shape index (κ3) is 3.85. The van der Waals surface area contributed by atoms with Gasteiger partial charge >= 0.3 is 0 Å². The zero-order valence-electron chi connectivity index (χ0n) is 15.9. The summed E-state index contributed by atoms with van der Waals surface area (Å²) in [5.41, 5.74) is 0.604. The summed E-state index contributed by atoms with van der Waals surface area (Å²) in [6.45, 7) is 7.16. The van der Waals surface area contributed by atoms with E-state index in [2.05, 4.69) is 26.1 Å². The molecule has 1 saturated heterocycles. The lowest BCUT2D eigenvalue weighted by molar-refractivity contribution is 0.133. The molecule has 3 rings (SSSR count). The van der Waals surface area contributed by atoms with Gasteiger partial charge in [0.25, 0.3) is 0 Å². The number of hydrogen-bond donors (Lipinski definition) is 1. The molecular formula is C20H24N4O2S. The fourth-order valence-electron chi connectivity index (χ4n) is 4.82. The number of hydrogen-bond acceptors (Lipinski definition) is 5. The van der Waals surface area contributed by atoms with Crippen LogP contribution >= 0.6 is 0 Å². The van der Waals surface area contributed by atoms with Crippen molar-refractivity contribution in [1.29, 1.82) is 10.5 Å². The Morgan fingerprint density at radius 2 is 1.96 bits per heavy atom. The molecule has 0 radical (unpaired) electrons. The Kier molecular flexibility index (Phi) is 4.80. The highest BCUT2D eigenvalue weighted by atomic mass is 32.2. The Bertz CT molecular complexity index is 952. The number of anilines is 1. The molecule has 1 aromatic carbocycles. The second-order valence-electron chi connectivity index (χ2n) is 8.72. The highest BCUT2D eigenvalue weighted by molar-refractivity contribution is 7.89. The van der Waals surface area contributed by atoms with Crippen LogP contribution in [-0.2, 0) is 10.0 Å². The zero-order chi connectivity index (χ0) is 19.9. The lowest BCUT2D eigenvalue weighted by Gasteiger charge is -2.39. The van der Waals surface area contributed by atoms with Gasteiger partial charge in [0.2, 0.25) is 10.0 Å². The number of benzene rings is 1. The Morgan fingerprint density at radius 1 is 1.26 bits per heavy atom. The molecule has 2 bridgehead atoms. The highest BCUT2D eigenvalue weighted by Gasteiger charge is 2.53. The Morgan fingerprint density at radius 3 is 2.63 bits per heavy atom. The van der Waals surface area contributed by atoms with Gasteiger partial charge in [0.15, 0.2) is 0 Å². The maximum Gasteiger partial charge on any atom is 0.243 e. The highest BCUT2D eigenvalue weighted by Crippen LogP contribution is 2.53. The van der Waals surface area contributed by atoms with Crippen molar-refractivity contribution in [2.75, 3.05) is 11.9 Å². The predicted molar refractivity (Wildman–Crippen MR) is 103 cm³/mol. The normalized spacial score (nSPS) is 26.6. The summed E-state index contributed by atoms with van der Waals surface area (Å²) in [4.78, 5) is 0.227. The fraction of sp³-hybridized carbons (Fsp3) is 0.500. The molecule has 2 atom stereocenters. The van der Waals surface area contributed by atoms with Crippen LogP contribution in [-0.4, -0.2) is 25.3 Å². The number of fused-ring (bicyclic) bond motifs is 2. The van der Waals surface area contributed by atoms with Gasteiger partial charge in [-0.2, -0.15) is 14.8 Å². The average Bonchev–Trinajstić information content (AvgIpc) is 2.85. The first-order valence-electron chi connectivity index (χ1n) is 8.97. The zero-order valence-corrected chi connectivity index (χ0v) is 16.7. The minimum absolute atomic E-state index is 0.0204. The van der Waals surface area contributed by atoms with E-state index in [1.54, 1.807) is 40.7 Å². The van der Waals surface area contributed by atoms with E-state index in [1.807, 2.05) is 0 Å². The monoisotopic (exact) mass is 384 g/mol. The van der Waals surface area contributed by atoms with Gasteiger partial charge in [-0.1, -0.05) is 26.8 Å². The van der Waals surface area contributed by atoms with E-state index in [-0.39, 0.29) is 27.3 Å². The van der Waals surface area contributed by atoms with Crippen molar-refractivity contribution in [3.05, 3.63) is 36.0 Å². The van der Waals surface area contributed by atoms with Crippen molar-refractivity contribution in [2.24, 2.45) is 10.8 Å². The summed E-state index contributed by atoms with van der Waals surface area (Å²) >= 11 is 0. The van der Waals surface area contributed by atoms with Gasteiger partial charge in [-0.3, -0.25) is 0 Å². The number of nitrogens with one attached hydrogen (secondary N) is 1. The minimum Gasteiger partial charge on any atom is -0.360 e. The van der Waals surface area contributed by atoms with Gasteiger partial charge in [-0.05, 0) is 48.3 Å². The van der Waals surface area contributed by atoms with Gasteiger partial charge in [-0.15, -0.1) is 0 Å². The van der Waals surface area contributed by atoms with Crippen LogP contribution in [0.2, 0.25) is 0 Å². The van der Waals surface area contributed by atoms with Crippen molar-refractivity contribution >= 4 is 15.7 Å². The predicted octanol–water partition coefficient (Wildman–Crippen LogP) is 3.62. The summed E-state index contributed by atoms with van der Waals surface area (Å²) in [5, 5.41) is 20.4. The quantitative estimate of drug-likeness (QED) is 0.800. The summed E-state index contributed by atoms with van der Waals surface area (Å²) in [6, 6.07) is 10.1. The van der Waals surface area contributed by atoms with Crippen LogP contribution in [0.15, 0.2) is 40.9 Å². The molecule has 7 heteroatoms. The number of nitrogens with zero attached hydrogens (tertiary/aromatic N) is 3. The molecule has 1 aliphatic carbocycles. The van der Waals surface area contributed by atoms with E-state index in [1.165, 1.54) is 6.20 Å². The fourth-order valence-corrected chi connectivity index (χ4v) is 6.64. The van der Waals surface area contributed by atoms with Crippen LogP contribution in [0.25, 0.3) is 0 Å². The Hall–Kier alpha value is -2.35. The van der Waals surface area contributed by atoms with E-state index in [9.17, 15) is 8.42 Å². The maximum atomic E-state index is 13.3. The molecule has 1 heterocycles. The number of rotatable bonds is 4. The van der Waals surface area contributed by atoms with Crippen LogP contribution in [0.4, 0.5) is 5.69 Å². The summed E-state index contributed by atoms with van der Waals surface area (Å²) < 4.78 is 28.3. The van der Waals surface area contributed by atoms with Crippen molar-refractivity contribution in [3.8, 4) is 12.1 Å². The molecule has 142 valence electrons. The first-order chi connectivity index (χ1) is 12.6. The van der Waals surface area contributed by atoms with E-state index < -0.39 is 10.0 Å². The van der Waals surface area contributed by atoms with Gasteiger partial charge in [0.1, 0.15) is 17.7 Å². The molecule has 0 aromatic heterocycles. The molecule has 2 unspecified atom stereocenters. The molecule has 2 fully saturated rings. The number of nitriles is 2. The lowest BCUT2D eigenvalue weighted by Crippen LogP contribution is -2.37. The van der Waals surface area contributed by atoms with E-state index in [0.29, 0.717) is 12.2 Å². The Balaban J connectivity index is 1.89. The lowest BCUT2D eigenvalue weighted by atomic mass is 9.65. The number of sulfonamides is 1. The van der Waals surface area contributed by atoms with Crippen molar-refractivity contribution < 1.29 is 8.42 Å². The molecule has 1 N–H and O–H groups in total. The van der Waals surface area contributed by atoms with E-state index >= 15 is 0 Å². The van der Waals surface area contributed by atoms with E-state index in [0.717, 1.165) is 19.3 Å². The standard InChI is InChI=1S/C20H24N4O2S/c1-19(2)8-17-9-20(3,13-19)14-24(17)27(25,26)18-6-4-5-16(7-18)23-12-15(10-21)11-22/h4-7,12,17,23H,8-9,13-14H2,1-3H3. The minimum atomic E-state index is -3.61. The summed E-state index contributed by atoms with van der Waals surface area (Å²) in [5.74, 6) is 0. The molecule has 0 spiro atoms. The first-order valence-corrected chi connectivity index (χ1v) is 10.4. The van der Waals surface area contributed by atoms with Crippen LogP contribution < -0.4 is 5.32 Å². The largest absolute Gasteiger partial charge is 0.360 e. The Labute approximate surface area is 161 Å². The summed E-state index contributed by atoms with van der Waals surface area (Å²) in [7, 11) is -3.61. The maximum absolute atomic E-state index is 13.3. The smallest absolute Gasteiger partial charge is 0.243 e. The van der Waals surface area contributed by atoms with Crippen molar-refractivity contribution in [1.82, 2.24) is 4.31 Å². The molecule has 2 aliphatic rings. The first kappa shape index (κ1) is 19.4. The molecule has 27 heavy (non-hydrogen) atoms. The molecule has 1 aliphatic heterocycles. The SMILES string of the molecule is CC1(C)CC2CC(C)(CN2S(=O)(=O)c2cccc(NC=C(C#N)C#N)c2)C1. The molecule has 1 aromatic rings. The van der Waals surface area contributed by atoms with Crippen LogP contribution in [0.3, 0.4) is 0 Å². The van der Waals surface area contributed by atoms with E-state index in [4.69, 9.17) is 10.5 Å². The third-order valence-electron chi connectivity index (χ3n) is 5.43. The second-order valence-corrected chi connectivity index (χ2v) is 10.6. The summed E-state index contributed by atoms with van der Waals surface area (Å²) in [6.07, 6.45) is 4.08. The van der Waals surface area contributed by atoms with Crippen LogP contribution in [0.5, 0.6) is 0 Å². The topological polar surface area (TPSA) is 97.0 Å². The molecule has 1 saturated carbocycles. The average molecular weight is 385 g/mol. The van der Waals surface area contributed by atoms with Crippen molar-refractivity contribution in [2.45, 2.75) is 51.0 Å². The number of allylic oxidation sites excluding steroid dienone is 1. The van der Waals surface area contributed by atoms with Crippen LogP contribution in [0, 0.1) is 33.5 Å². The molecule has 6 nitrogen and oxygen atoms in total. The van der Waals surface area contributed by atoms with Gasteiger partial charge < -0.3 is 5.32 Å². The van der Waals surface area contributed by atoms with Gasteiger partial charge in [-0.25, -0.2) is 8.42 Å². The third-order valence-corrected chi connectivity index (χ3v) is 7.33. The molecule has 0 amide bonds. The molecular weight excluding hydrogens is 360 g/mol.